The third kappa shape index (κ3) is 11.0. The van der Waals surface area contributed by atoms with Gasteiger partial charge in [-0.25, -0.2) is 9.97 Å². The molecule has 12 heteroatoms. The summed E-state index contributed by atoms with van der Waals surface area (Å²) < 4.78 is 35.8. The molecule has 60 heavy (non-hydrogen) atoms. The molecule has 0 atom stereocenters. The van der Waals surface area contributed by atoms with Crippen molar-refractivity contribution in [3.8, 4) is 68.5 Å². The fraction of sp³-hybridized carbons (Fsp3) is 0.167. The van der Waals surface area contributed by atoms with Gasteiger partial charge in [-0.1, -0.05) is 36.4 Å². The highest BCUT2D eigenvalue weighted by Crippen LogP contribution is 2.29. The van der Waals surface area contributed by atoms with Crippen molar-refractivity contribution < 1.29 is 28.4 Å². The van der Waals surface area contributed by atoms with E-state index in [9.17, 15) is 0 Å². The summed E-state index contributed by atoms with van der Waals surface area (Å²) in [5.41, 5.74) is 5.85. The molecular formula is C48H42N6O6. The van der Waals surface area contributed by atoms with E-state index in [4.69, 9.17) is 38.4 Å². The molecule has 0 aliphatic heterocycles. The lowest BCUT2D eigenvalue weighted by molar-refractivity contribution is 0.0763. The van der Waals surface area contributed by atoms with Crippen LogP contribution in [0.2, 0.25) is 0 Å². The number of ether oxygens (including phenoxy) is 6. The molecule has 0 radical (unpaired) electrons. The predicted octanol–water partition coefficient (Wildman–Crippen LogP) is 8.83. The number of nitrogens with zero attached hydrogens (tertiary/aromatic N) is 6. The highest BCUT2D eigenvalue weighted by atomic mass is 16.5. The maximum atomic E-state index is 6.06. The largest absolute Gasteiger partial charge is 0.491 e. The minimum Gasteiger partial charge on any atom is -0.491 e. The zero-order valence-corrected chi connectivity index (χ0v) is 32.8. The number of fused-ring (bicyclic) bond motifs is 1. The lowest BCUT2D eigenvalue weighted by atomic mass is 10.1. The van der Waals surface area contributed by atoms with Gasteiger partial charge in [0.1, 0.15) is 49.4 Å². The molecule has 0 aliphatic rings. The van der Waals surface area contributed by atoms with E-state index in [1.54, 1.807) is 24.8 Å². The summed E-state index contributed by atoms with van der Waals surface area (Å²) in [4.78, 5) is 27.4. The molecular weight excluding hydrogens is 757 g/mol. The highest BCUT2D eigenvalue weighted by Gasteiger charge is 2.12. The molecule has 0 aliphatic carbocycles. The van der Waals surface area contributed by atoms with Gasteiger partial charge in [-0.3, -0.25) is 19.9 Å². The maximum absolute atomic E-state index is 6.06. The van der Waals surface area contributed by atoms with Crippen LogP contribution in [0, 0.1) is 0 Å². The predicted molar refractivity (Wildman–Crippen MR) is 229 cm³/mol. The lowest BCUT2D eigenvalue weighted by Crippen LogP contribution is -2.12. The van der Waals surface area contributed by atoms with Crippen LogP contribution in [-0.2, 0) is 9.47 Å². The Bertz CT molecular complexity index is 2280. The summed E-state index contributed by atoms with van der Waals surface area (Å²) >= 11 is 0. The molecule has 8 rings (SSSR count). The van der Waals surface area contributed by atoms with Crippen molar-refractivity contribution >= 4 is 10.8 Å². The first-order valence-electron chi connectivity index (χ1n) is 19.6. The SMILES string of the molecule is c1ccc(-c2cc(OCCOCCOc3ccc4ccc(OCCOCCOc5cc(-c6ccccn6)nc(-c6ccccn6)c5)cc4c3)cc(-c3ccccn3)n2)nc1. The standard InChI is InChI=1S/C48H42N6O6/c1-5-17-49-41(9-1)45-31-39(32-46(53-45)42-10-2-6-18-50-42)59-27-23-55-21-25-57-37-15-13-35-14-16-38(30-36(35)29-37)58-26-22-56-24-28-60-40-33-47(43-11-3-7-19-51-43)54-48(34-40)44-12-4-8-20-52-44/h1-20,29-34H,21-28H2. The third-order valence-electron chi connectivity index (χ3n) is 9.08. The fourth-order valence-electron chi connectivity index (χ4n) is 6.22. The molecule has 2 aromatic carbocycles. The van der Waals surface area contributed by atoms with Gasteiger partial charge < -0.3 is 28.4 Å². The smallest absolute Gasteiger partial charge is 0.123 e. The average molecular weight is 799 g/mol. The number of hydrogen-bond acceptors (Lipinski definition) is 12. The number of hydrogen-bond donors (Lipinski definition) is 0. The number of aromatic nitrogens is 6. The fourth-order valence-corrected chi connectivity index (χ4v) is 6.22. The molecule has 300 valence electrons. The van der Waals surface area contributed by atoms with E-state index in [0.29, 0.717) is 87.1 Å². The second-order valence-electron chi connectivity index (χ2n) is 13.3. The Labute approximate surface area is 347 Å². The Morgan fingerprint density at radius 1 is 0.283 bits per heavy atom. The molecule has 0 bridgehead atoms. The van der Waals surface area contributed by atoms with Gasteiger partial charge in [0, 0.05) is 49.1 Å². The summed E-state index contributed by atoms with van der Waals surface area (Å²) in [5, 5.41) is 2.09. The summed E-state index contributed by atoms with van der Waals surface area (Å²) in [7, 11) is 0. The van der Waals surface area contributed by atoms with Gasteiger partial charge in [-0.05, 0) is 83.6 Å². The Morgan fingerprint density at radius 2 is 0.617 bits per heavy atom. The van der Waals surface area contributed by atoms with Crippen LogP contribution in [0.15, 0.2) is 158 Å². The molecule has 6 aromatic heterocycles. The van der Waals surface area contributed by atoms with Gasteiger partial charge in [0.15, 0.2) is 0 Å². The van der Waals surface area contributed by atoms with E-state index in [-0.39, 0.29) is 0 Å². The van der Waals surface area contributed by atoms with Crippen molar-refractivity contribution in [2.75, 3.05) is 52.9 Å². The molecule has 0 saturated carbocycles. The van der Waals surface area contributed by atoms with E-state index < -0.39 is 0 Å². The normalized spacial score (nSPS) is 11.0. The molecule has 0 unspecified atom stereocenters. The number of rotatable bonds is 20. The maximum Gasteiger partial charge on any atom is 0.123 e. The molecule has 12 nitrogen and oxygen atoms in total. The molecule has 0 fully saturated rings. The van der Waals surface area contributed by atoms with Crippen LogP contribution < -0.4 is 18.9 Å². The molecule has 6 heterocycles. The van der Waals surface area contributed by atoms with Crippen LogP contribution in [0.5, 0.6) is 23.0 Å². The van der Waals surface area contributed by atoms with Crippen LogP contribution in [0.4, 0.5) is 0 Å². The van der Waals surface area contributed by atoms with Gasteiger partial charge >= 0.3 is 0 Å². The van der Waals surface area contributed by atoms with Crippen LogP contribution in [0.3, 0.4) is 0 Å². The van der Waals surface area contributed by atoms with Crippen molar-refractivity contribution in [2.45, 2.75) is 0 Å². The van der Waals surface area contributed by atoms with Crippen LogP contribution in [0.25, 0.3) is 56.3 Å². The summed E-state index contributed by atoms with van der Waals surface area (Å²) in [6, 6.07) is 42.4. The van der Waals surface area contributed by atoms with Crippen LogP contribution in [0.1, 0.15) is 0 Å². The van der Waals surface area contributed by atoms with E-state index >= 15 is 0 Å². The summed E-state index contributed by atoms with van der Waals surface area (Å²) in [5.74, 6) is 2.82. The molecule has 0 saturated heterocycles. The van der Waals surface area contributed by atoms with E-state index in [2.05, 4.69) is 19.9 Å². The number of pyridine rings is 6. The van der Waals surface area contributed by atoms with Crippen molar-refractivity contribution in [2.24, 2.45) is 0 Å². The first-order chi connectivity index (χ1) is 29.7. The topological polar surface area (TPSA) is 133 Å². The first-order valence-corrected chi connectivity index (χ1v) is 19.6. The second-order valence-corrected chi connectivity index (χ2v) is 13.3. The first kappa shape index (κ1) is 39.5. The lowest BCUT2D eigenvalue weighted by Gasteiger charge is -2.12. The van der Waals surface area contributed by atoms with Gasteiger partial charge in [0.05, 0.1) is 72.0 Å². The van der Waals surface area contributed by atoms with Gasteiger partial charge in [-0.2, -0.15) is 0 Å². The number of benzene rings is 2. The average Bonchev–Trinajstić information content (AvgIpc) is 3.31. The Morgan fingerprint density at radius 3 is 0.933 bits per heavy atom. The van der Waals surface area contributed by atoms with Crippen molar-refractivity contribution in [3.63, 3.8) is 0 Å². The van der Waals surface area contributed by atoms with Gasteiger partial charge in [0.25, 0.3) is 0 Å². The summed E-state index contributed by atoms with van der Waals surface area (Å²) in [6.45, 7) is 3.11. The van der Waals surface area contributed by atoms with Gasteiger partial charge in [-0.15, -0.1) is 0 Å². The molecule has 0 N–H and O–H groups in total. The molecule has 8 aromatic rings. The van der Waals surface area contributed by atoms with E-state index in [1.165, 1.54) is 0 Å². The van der Waals surface area contributed by atoms with Crippen molar-refractivity contribution in [1.82, 2.24) is 29.9 Å². The van der Waals surface area contributed by atoms with E-state index in [0.717, 1.165) is 45.0 Å². The van der Waals surface area contributed by atoms with Crippen molar-refractivity contribution in [3.05, 3.63) is 158 Å². The Hall–Kier alpha value is -7.28. The summed E-state index contributed by atoms with van der Waals surface area (Å²) in [6.07, 6.45) is 6.97. The van der Waals surface area contributed by atoms with Crippen LogP contribution >= 0.6 is 0 Å². The Balaban J connectivity index is 0.753. The third-order valence-corrected chi connectivity index (χ3v) is 9.08. The second kappa shape index (κ2) is 20.4. The van der Waals surface area contributed by atoms with Crippen molar-refractivity contribution in [1.29, 1.82) is 0 Å². The minimum absolute atomic E-state index is 0.360. The zero-order chi connectivity index (χ0) is 40.6. The monoisotopic (exact) mass is 798 g/mol. The molecule has 0 amide bonds. The highest BCUT2D eigenvalue weighted by molar-refractivity contribution is 5.85. The molecule has 0 spiro atoms. The minimum atomic E-state index is 0.360. The zero-order valence-electron chi connectivity index (χ0n) is 32.8. The Kier molecular flexibility index (Phi) is 13.5. The quantitative estimate of drug-likeness (QED) is 0.0683. The van der Waals surface area contributed by atoms with Crippen LogP contribution in [-0.4, -0.2) is 82.8 Å². The van der Waals surface area contributed by atoms with E-state index in [1.807, 2.05) is 133 Å². The van der Waals surface area contributed by atoms with Gasteiger partial charge in [0.2, 0.25) is 0 Å².